The molecule has 0 saturated carbocycles. The number of guanidine groups is 1. The number of benzene rings is 2. The number of nitrogens with two attached hydrogens (primary N) is 1. The number of aliphatic imine (C=N–C) groups is 1. The maximum atomic E-state index is 11.9. The number of hydrogen-bond acceptors (Lipinski definition) is 3. The minimum atomic E-state index is -0.923. The molecular weight excluding hydrogens is 226 g/mol. The highest BCUT2D eigenvalue weighted by Crippen LogP contribution is 2.30. The van der Waals surface area contributed by atoms with Gasteiger partial charge in [-0.05, 0) is 29.3 Å². The van der Waals surface area contributed by atoms with Crippen LogP contribution in [-0.4, -0.2) is 11.9 Å². The average Bonchev–Trinajstić information content (AvgIpc) is 2.63. The number of hydrogen-bond donors (Lipinski definition) is 2. The van der Waals surface area contributed by atoms with Gasteiger partial charge >= 0.3 is 0 Å². The van der Waals surface area contributed by atoms with Crippen molar-refractivity contribution in [3.8, 4) is 0 Å². The Morgan fingerprint density at radius 2 is 1.89 bits per heavy atom. The molecule has 0 saturated heterocycles. The van der Waals surface area contributed by atoms with Crippen molar-refractivity contribution < 1.29 is 4.79 Å². The van der Waals surface area contributed by atoms with Crippen LogP contribution in [0.5, 0.6) is 0 Å². The summed E-state index contributed by atoms with van der Waals surface area (Å²) in [5.41, 5.74) is 5.49. The van der Waals surface area contributed by atoms with E-state index >= 15 is 0 Å². The van der Waals surface area contributed by atoms with Gasteiger partial charge < -0.3 is 5.73 Å². The molecule has 3 N–H and O–H groups in total. The summed E-state index contributed by atoms with van der Waals surface area (Å²) in [5.74, 6) is -0.00839. The number of carbonyl (C=O) groups excluding carboxylic acids is 1. The summed E-state index contributed by atoms with van der Waals surface area (Å²) in [6.07, 6.45) is 0. The zero-order chi connectivity index (χ0) is 12.8. The number of nitrogens with one attached hydrogen (secondary N) is 1. The van der Waals surface area contributed by atoms with E-state index in [-0.39, 0.29) is 11.9 Å². The fraction of sp³-hybridized carbons (Fsp3) is 0.143. The molecule has 1 unspecified atom stereocenters. The molecule has 2 aromatic carbocycles. The molecule has 18 heavy (non-hydrogen) atoms. The van der Waals surface area contributed by atoms with Gasteiger partial charge in [-0.2, -0.15) is 0 Å². The van der Waals surface area contributed by atoms with E-state index in [2.05, 4.69) is 10.3 Å². The van der Waals surface area contributed by atoms with Gasteiger partial charge in [0.25, 0.3) is 5.91 Å². The standard InChI is InChI=1S/C14H13N3O/c1-14(12(18)16-13(15)17-14)11-7-6-9-4-2-3-5-10(9)8-11/h2-8H,1H3,(H3,15,16,17,18). The maximum absolute atomic E-state index is 11.9. The van der Waals surface area contributed by atoms with Crippen molar-refractivity contribution in [1.82, 2.24) is 5.32 Å². The van der Waals surface area contributed by atoms with E-state index in [4.69, 9.17) is 5.73 Å². The lowest BCUT2D eigenvalue weighted by molar-refractivity contribution is -0.123. The lowest BCUT2D eigenvalue weighted by Gasteiger charge is -2.18. The summed E-state index contributed by atoms with van der Waals surface area (Å²) in [4.78, 5) is 16.1. The van der Waals surface area contributed by atoms with Crippen molar-refractivity contribution in [3.63, 3.8) is 0 Å². The second-order valence-electron chi connectivity index (χ2n) is 4.59. The van der Waals surface area contributed by atoms with Crippen LogP contribution in [0.4, 0.5) is 0 Å². The van der Waals surface area contributed by atoms with E-state index in [0.29, 0.717) is 0 Å². The van der Waals surface area contributed by atoms with E-state index < -0.39 is 5.54 Å². The Labute approximate surface area is 105 Å². The van der Waals surface area contributed by atoms with Gasteiger partial charge in [0.1, 0.15) is 0 Å². The van der Waals surface area contributed by atoms with E-state index in [0.717, 1.165) is 16.3 Å². The number of amides is 1. The number of carbonyl (C=O) groups is 1. The first-order valence-corrected chi connectivity index (χ1v) is 5.76. The van der Waals surface area contributed by atoms with Crippen molar-refractivity contribution >= 4 is 22.6 Å². The Morgan fingerprint density at radius 1 is 1.17 bits per heavy atom. The van der Waals surface area contributed by atoms with Crippen molar-refractivity contribution in [2.24, 2.45) is 10.7 Å². The van der Waals surface area contributed by atoms with Crippen LogP contribution in [0.25, 0.3) is 10.8 Å². The molecule has 0 bridgehead atoms. The van der Waals surface area contributed by atoms with Gasteiger partial charge in [0.15, 0.2) is 11.5 Å². The lowest BCUT2D eigenvalue weighted by Crippen LogP contribution is -2.37. The van der Waals surface area contributed by atoms with Gasteiger partial charge in [0.05, 0.1) is 0 Å². The summed E-state index contributed by atoms with van der Waals surface area (Å²) in [6, 6.07) is 13.9. The summed E-state index contributed by atoms with van der Waals surface area (Å²) >= 11 is 0. The zero-order valence-corrected chi connectivity index (χ0v) is 9.97. The Morgan fingerprint density at radius 3 is 2.56 bits per heavy atom. The van der Waals surface area contributed by atoms with Gasteiger partial charge in [-0.3, -0.25) is 10.1 Å². The second kappa shape index (κ2) is 3.57. The molecule has 0 spiro atoms. The van der Waals surface area contributed by atoms with Crippen LogP contribution in [-0.2, 0) is 10.3 Å². The molecule has 1 amide bonds. The van der Waals surface area contributed by atoms with Crippen molar-refractivity contribution in [2.45, 2.75) is 12.5 Å². The molecule has 0 fully saturated rings. The minimum Gasteiger partial charge on any atom is -0.370 e. The topological polar surface area (TPSA) is 67.5 Å². The Bertz CT molecular complexity index is 678. The molecule has 4 heteroatoms. The quantitative estimate of drug-likeness (QED) is 0.791. The average molecular weight is 239 g/mol. The first-order chi connectivity index (χ1) is 8.59. The van der Waals surface area contributed by atoms with Crippen LogP contribution in [0.15, 0.2) is 47.5 Å². The van der Waals surface area contributed by atoms with Gasteiger partial charge in [-0.25, -0.2) is 4.99 Å². The van der Waals surface area contributed by atoms with Gasteiger partial charge in [-0.1, -0.05) is 36.4 Å². The molecular formula is C14H13N3O. The van der Waals surface area contributed by atoms with Crippen molar-refractivity contribution in [2.75, 3.05) is 0 Å². The number of fused-ring (bicyclic) bond motifs is 1. The maximum Gasteiger partial charge on any atom is 0.259 e. The van der Waals surface area contributed by atoms with E-state index in [1.54, 1.807) is 6.92 Å². The first kappa shape index (κ1) is 10.8. The van der Waals surface area contributed by atoms with Crippen LogP contribution in [0.3, 0.4) is 0 Å². The largest absolute Gasteiger partial charge is 0.370 e. The molecule has 0 radical (unpaired) electrons. The van der Waals surface area contributed by atoms with Crippen LogP contribution in [0, 0.1) is 0 Å². The molecule has 0 aromatic heterocycles. The third kappa shape index (κ3) is 1.46. The Hall–Kier alpha value is -2.36. The first-order valence-electron chi connectivity index (χ1n) is 5.76. The lowest BCUT2D eigenvalue weighted by atomic mass is 9.91. The molecule has 1 aliphatic heterocycles. The predicted octanol–water partition coefficient (Wildman–Crippen LogP) is 1.50. The second-order valence-corrected chi connectivity index (χ2v) is 4.59. The smallest absolute Gasteiger partial charge is 0.259 e. The molecule has 4 nitrogen and oxygen atoms in total. The number of nitrogens with zero attached hydrogens (tertiary/aromatic N) is 1. The van der Waals surface area contributed by atoms with Crippen molar-refractivity contribution in [3.05, 3.63) is 48.0 Å². The normalized spacial score (nSPS) is 22.9. The highest BCUT2D eigenvalue weighted by molar-refractivity contribution is 6.07. The van der Waals surface area contributed by atoms with Gasteiger partial charge in [-0.15, -0.1) is 0 Å². The Kier molecular flexibility index (Phi) is 2.13. The summed E-state index contributed by atoms with van der Waals surface area (Å²) in [5, 5.41) is 4.77. The molecule has 1 atom stereocenters. The monoisotopic (exact) mass is 239 g/mol. The van der Waals surface area contributed by atoms with Crippen LogP contribution < -0.4 is 11.1 Å². The third-order valence-electron chi connectivity index (χ3n) is 3.34. The molecule has 3 rings (SSSR count). The van der Waals surface area contributed by atoms with Crippen molar-refractivity contribution in [1.29, 1.82) is 0 Å². The highest BCUT2D eigenvalue weighted by Gasteiger charge is 2.40. The zero-order valence-electron chi connectivity index (χ0n) is 9.97. The predicted molar refractivity (Wildman–Crippen MR) is 71.1 cm³/mol. The molecule has 1 heterocycles. The number of rotatable bonds is 1. The van der Waals surface area contributed by atoms with E-state index in [1.807, 2.05) is 42.5 Å². The molecule has 2 aromatic rings. The molecule has 1 aliphatic rings. The van der Waals surface area contributed by atoms with Gasteiger partial charge in [0.2, 0.25) is 0 Å². The SMILES string of the molecule is CC1(c2ccc3ccccc3c2)N=C(N)NC1=O. The summed E-state index contributed by atoms with van der Waals surface area (Å²) < 4.78 is 0. The fourth-order valence-electron chi connectivity index (χ4n) is 2.25. The van der Waals surface area contributed by atoms with E-state index in [1.165, 1.54) is 0 Å². The summed E-state index contributed by atoms with van der Waals surface area (Å²) in [7, 11) is 0. The van der Waals surface area contributed by atoms with Crippen LogP contribution >= 0.6 is 0 Å². The van der Waals surface area contributed by atoms with E-state index in [9.17, 15) is 4.79 Å². The third-order valence-corrected chi connectivity index (χ3v) is 3.34. The molecule has 90 valence electrons. The van der Waals surface area contributed by atoms with Gasteiger partial charge in [0, 0.05) is 0 Å². The highest BCUT2D eigenvalue weighted by atomic mass is 16.2. The molecule has 0 aliphatic carbocycles. The minimum absolute atomic E-state index is 0.177. The Balaban J connectivity index is 2.18. The fourth-order valence-corrected chi connectivity index (χ4v) is 2.25. The van der Waals surface area contributed by atoms with Crippen LogP contribution in [0.1, 0.15) is 12.5 Å². The van der Waals surface area contributed by atoms with Crippen LogP contribution in [0.2, 0.25) is 0 Å². The summed E-state index contributed by atoms with van der Waals surface area (Å²) in [6.45, 7) is 1.77.